The Labute approximate surface area is 237 Å². The molecular formula is C28H19ClF7NO5. The maximum Gasteiger partial charge on any atom is 0.573 e. The first kappa shape index (κ1) is 30.7. The molecule has 0 spiro atoms. The van der Waals surface area contributed by atoms with E-state index in [9.17, 15) is 40.3 Å². The molecule has 0 radical (unpaired) electrons. The van der Waals surface area contributed by atoms with Crippen molar-refractivity contribution < 1.29 is 54.9 Å². The van der Waals surface area contributed by atoms with Gasteiger partial charge in [0.2, 0.25) is 6.10 Å². The highest BCUT2D eigenvalue weighted by Gasteiger charge is 2.37. The fourth-order valence-corrected chi connectivity index (χ4v) is 4.49. The van der Waals surface area contributed by atoms with Gasteiger partial charge in [0.15, 0.2) is 5.78 Å². The van der Waals surface area contributed by atoms with Crippen LogP contribution in [0, 0.1) is 12.7 Å². The smallest absolute Gasteiger partial charge is 0.479 e. The van der Waals surface area contributed by atoms with E-state index in [0.29, 0.717) is 5.02 Å². The van der Waals surface area contributed by atoms with Gasteiger partial charge in [-0.1, -0.05) is 11.6 Å². The summed E-state index contributed by atoms with van der Waals surface area (Å²) in [6, 6.07) is 11.9. The second-order valence-electron chi connectivity index (χ2n) is 9.13. The number of ketones is 1. The maximum absolute atomic E-state index is 14.9. The van der Waals surface area contributed by atoms with Crippen molar-refractivity contribution >= 4 is 34.3 Å². The van der Waals surface area contributed by atoms with Gasteiger partial charge in [0, 0.05) is 33.3 Å². The van der Waals surface area contributed by atoms with Crippen molar-refractivity contribution in [2.45, 2.75) is 38.5 Å². The summed E-state index contributed by atoms with van der Waals surface area (Å²) in [5, 5.41) is 9.72. The van der Waals surface area contributed by atoms with Gasteiger partial charge in [0.05, 0.1) is 24.0 Å². The Morgan fingerprint density at radius 1 is 0.952 bits per heavy atom. The first-order chi connectivity index (χ1) is 19.5. The molecule has 0 aliphatic heterocycles. The molecule has 0 fully saturated rings. The number of carbonyl (C=O) groups is 2. The Morgan fingerprint density at radius 2 is 1.60 bits per heavy atom. The van der Waals surface area contributed by atoms with Crippen LogP contribution < -0.4 is 9.47 Å². The van der Waals surface area contributed by atoms with E-state index in [-0.39, 0.29) is 33.3 Å². The number of ether oxygens (including phenoxy) is 2. The fraction of sp³-hybridized carbons (Fsp3) is 0.214. The molecule has 1 heterocycles. The number of halogens is 8. The van der Waals surface area contributed by atoms with Crippen LogP contribution in [0.3, 0.4) is 0 Å². The van der Waals surface area contributed by atoms with E-state index < -0.39 is 60.7 Å². The summed E-state index contributed by atoms with van der Waals surface area (Å²) in [6.07, 6.45) is -14.0. The van der Waals surface area contributed by atoms with Crippen LogP contribution in [-0.4, -0.2) is 40.1 Å². The minimum atomic E-state index is -5.03. The van der Waals surface area contributed by atoms with Crippen molar-refractivity contribution in [3.63, 3.8) is 0 Å². The van der Waals surface area contributed by atoms with Gasteiger partial charge in [-0.05, 0) is 61.5 Å². The first-order valence-electron chi connectivity index (χ1n) is 12.0. The van der Waals surface area contributed by atoms with Gasteiger partial charge >= 0.3 is 18.5 Å². The molecule has 3 aromatic carbocycles. The number of benzene rings is 3. The first-order valence-corrected chi connectivity index (χ1v) is 12.3. The minimum Gasteiger partial charge on any atom is -0.479 e. The third kappa shape index (κ3) is 7.14. The van der Waals surface area contributed by atoms with E-state index in [0.717, 1.165) is 30.3 Å². The van der Waals surface area contributed by atoms with Crippen molar-refractivity contribution in [1.82, 2.24) is 4.57 Å². The van der Waals surface area contributed by atoms with Crippen molar-refractivity contribution in [1.29, 1.82) is 0 Å². The average Bonchev–Trinajstić information content (AvgIpc) is 3.14. The number of nitrogens with zero attached hydrogens (tertiary/aromatic N) is 1. The molecule has 14 heteroatoms. The summed E-state index contributed by atoms with van der Waals surface area (Å²) in [7, 11) is 0. The predicted molar refractivity (Wildman–Crippen MR) is 136 cm³/mol. The average molecular weight is 618 g/mol. The van der Waals surface area contributed by atoms with Crippen LogP contribution in [0.15, 0.2) is 60.7 Å². The Bertz CT molecular complexity index is 1650. The summed E-state index contributed by atoms with van der Waals surface area (Å²) < 4.78 is 103. The van der Waals surface area contributed by atoms with Crippen LogP contribution in [0.5, 0.6) is 11.5 Å². The Morgan fingerprint density at radius 3 is 2.19 bits per heavy atom. The number of rotatable bonds is 9. The normalized spacial score (nSPS) is 12.8. The van der Waals surface area contributed by atoms with Gasteiger partial charge in [-0.25, -0.2) is 9.18 Å². The van der Waals surface area contributed by atoms with Crippen molar-refractivity contribution in [3.8, 4) is 11.5 Å². The highest BCUT2D eigenvalue weighted by Crippen LogP contribution is 2.34. The minimum absolute atomic E-state index is 0.0535. The summed E-state index contributed by atoms with van der Waals surface area (Å²) in [5.74, 6) is -4.29. The SMILES string of the molecule is Cc1c(C(=O)c2ccc(Cl)cc2)c2ccc(OC(F)(F)F)cc2n1Cc1cc(OC(CC(F)(F)F)C(=O)O)ccc1F. The summed E-state index contributed by atoms with van der Waals surface area (Å²) >= 11 is 5.91. The van der Waals surface area contributed by atoms with Gasteiger partial charge in [-0.15, -0.1) is 13.2 Å². The van der Waals surface area contributed by atoms with Crippen molar-refractivity contribution in [3.05, 3.63) is 93.9 Å². The molecule has 1 N–H and O–H groups in total. The Balaban J connectivity index is 1.80. The van der Waals surface area contributed by atoms with Crippen molar-refractivity contribution in [2.24, 2.45) is 0 Å². The van der Waals surface area contributed by atoms with Gasteiger partial charge in [0.1, 0.15) is 17.3 Å². The zero-order chi connectivity index (χ0) is 31.0. The largest absolute Gasteiger partial charge is 0.573 e. The molecule has 1 unspecified atom stereocenters. The number of carbonyl (C=O) groups excluding carboxylic acids is 1. The van der Waals surface area contributed by atoms with E-state index >= 15 is 0 Å². The number of aliphatic carboxylic acids is 1. The van der Waals surface area contributed by atoms with Crippen LogP contribution in [0.4, 0.5) is 30.7 Å². The highest BCUT2D eigenvalue weighted by atomic mass is 35.5. The van der Waals surface area contributed by atoms with Crippen LogP contribution in [0.25, 0.3) is 10.9 Å². The van der Waals surface area contributed by atoms with Crippen molar-refractivity contribution in [2.75, 3.05) is 0 Å². The standard InChI is InChI=1S/C28H19ClF7NO5/c1-14-24(25(38)15-2-4-17(29)5-3-15)20-8-6-19(42-28(34,35)36)11-22(20)37(14)13-16-10-18(7-9-21(16)30)41-23(26(39)40)12-27(31,32)33/h2-11,23H,12-13H2,1H3,(H,39,40). The fourth-order valence-electron chi connectivity index (χ4n) is 4.36. The number of alkyl halides is 6. The topological polar surface area (TPSA) is 77.8 Å². The highest BCUT2D eigenvalue weighted by molar-refractivity contribution is 6.30. The van der Waals surface area contributed by atoms with Crippen LogP contribution in [-0.2, 0) is 11.3 Å². The van der Waals surface area contributed by atoms with Crippen LogP contribution in [0.1, 0.15) is 33.6 Å². The van der Waals surface area contributed by atoms with Gasteiger partial charge in [-0.3, -0.25) is 4.79 Å². The lowest BCUT2D eigenvalue weighted by atomic mass is 10.0. The molecule has 4 aromatic rings. The Hall–Kier alpha value is -4.26. The third-order valence-corrected chi connectivity index (χ3v) is 6.43. The van der Waals surface area contributed by atoms with Crippen LogP contribution >= 0.6 is 11.6 Å². The number of hydrogen-bond donors (Lipinski definition) is 1. The van der Waals surface area contributed by atoms with Gasteiger partial charge < -0.3 is 19.1 Å². The van der Waals surface area contributed by atoms with Gasteiger partial charge in [0.25, 0.3) is 0 Å². The van der Waals surface area contributed by atoms with E-state index in [2.05, 4.69) is 4.74 Å². The zero-order valence-electron chi connectivity index (χ0n) is 21.3. The maximum atomic E-state index is 14.9. The third-order valence-electron chi connectivity index (χ3n) is 6.18. The predicted octanol–water partition coefficient (Wildman–Crippen LogP) is 7.70. The number of hydrogen-bond acceptors (Lipinski definition) is 4. The lowest BCUT2D eigenvalue weighted by Crippen LogP contribution is -2.32. The second-order valence-corrected chi connectivity index (χ2v) is 9.56. The van der Waals surface area contributed by atoms with E-state index in [1.54, 1.807) is 0 Å². The molecule has 0 amide bonds. The molecule has 0 saturated heterocycles. The molecule has 0 aliphatic rings. The molecule has 4 rings (SSSR count). The van der Waals surface area contributed by atoms with Gasteiger partial charge in [-0.2, -0.15) is 13.2 Å². The number of aromatic nitrogens is 1. The molecule has 6 nitrogen and oxygen atoms in total. The second kappa shape index (κ2) is 11.6. The van der Waals surface area contributed by atoms with E-state index in [1.807, 2.05) is 0 Å². The molecule has 0 bridgehead atoms. The van der Waals surface area contributed by atoms with E-state index in [1.165, 1.54) is 41.8 Å². The number of fused-ring (bicyclic) bond motifs is 1. The zero-order valence-corrected chi connectivity index (χ0v) is 22.1. The lowest BCUT2D eigenvalue weighted by molar-refractivity contribution is -0.274. The molecule has 222 valence electrons. The molecular weight excluding hydrogens is 599 g/mol. The monoisotopic (exact) mass is 617 g/mol. The lowest BCUT2D eigenvalue weighted by Gasteiger charge is -2.18. The number of carboxylic acids is 1. The quantitative estimate of drug-likeness (QED) is 0.154. The molecule has 0 aliphatic carbocycles. The summed E-state index contributed by atoms with van der Waals surface area (Å²) in [4.78, 5) is 24.8. The molecule has 0 saturated carbocycles. The molecule has 1 aromatic heterocycles. The summed E-state index contributed by atoms with van der Waals surface area (Å²) in [5.41, 5.74) is 0.368. The summed E-state index contributed by atoms with van der Waals surface area (Å²) in [6.45, 7) is 1.06. The number of carboxylic acid groups (broad SMARTS) is 1. The Kier molecular flexibility index (Phi) is 8.44. The molecule has 42 heavy (non-hydrogen) atoms. The van der Waals surface area contributed by atoms with E-state index in [4.69, 9.17) is 21.4 Å². The van der Waals surface area contributed by atoms with Crippen LogP contribution in [0.2, 0.25) is 5.02 Å². The molecule has 1 atom stereocenters.